The van der Waals surface area contributed by atoms with Gasteiger partial charge in [0.15, 0.2) is 0 Å². The second-order valence-electron chi connectivity index (χ2n) is 5.85. The van der Waals surface area contributed by atoms with Gasteiger partial charge in [-0.3, -0.25) is 4.79 Å². The fraction of sp³-hybridized carbons (Fsp3) is 0.316. The van der Waals surface area contributed by atoms with E-state index in [-0.39, 0.29) is 18.1 Å². The third-order valence-corrected chi connectivity index (χ3v) is 4.42. The molecule has 2 aliphatic rings. The van der Waals surface area contributed by atoms with E-state index in [9.17, 15) is 4.79 Å². The van der Waals surface area contributed by atoms with Gasteiger partial charge >= 0.3 is 0 Å². The molecule has 0 bridgehead atoms. The van der Waals surface area contributed by atoms with Crippen molar-refractivity contribution in [2.24, 2.45) is 0 Å². The van der Waals surface area contributed by atoms with E-state index in [1.807, 2.05) is 12.1 Å². The molecule has 1 unspecified atom stereocenters. The van der Waals surface area contributed by atoms with Crippen molar-refractivity contribution in [2.75, 3.05) is 19.8 Å². The van der Waals surface area contributed by atoms with Crippen LogP contribution in [0.2, 0.25) is 0 Å². The van der Waals surface area contributed by atoms with Crippen molar-refractivity contribution in [2.45, 2.75) is 18.4 Å². The highest BCUT2D eigenvalue weighted by atomic mass is 16.5. The Balaban J connectivity index is 1.74. The molecule has 1 N–H and O–H groups in total. The summed E-state index contributed by atoms with van der Waals surface area (Å²) in [5, 5.41) is 2.91. The van der Waals surface area contributed by atoms with Crippen LogP contribution in [0.15, 0.2) is 55.2 Å². The maximum atomic E-state index is 11.3. The van der Waals surface area contributed by atoms with Crippen LogP contribution in [-0.2, 0) is 21.6 Å². The molecule has 1 aliphatic heterocycles. The average molecular weight is 311 g/mol. The fourth-order valence-electron chi connectivity index (χ4n) is 3.16. The molecule has 1 aliphatic carbocycles. The molecule has 1 aromatic rings. The lowest BCUT2D eigenvalue weighted by molar-refractivity contribution is -0.144. The highest BCUT2D eigenvalue weighted by Gasteiger charge is 2.42. The number of rotatable bonds is 5. The molecule has 4 nitrogen and oxygen atoms in total. The molecule has 0 radical (unpaired) electrons. The third-order valence-electron chi connectivity index (χ3n) is 4.42. The summed E-state index contributed by atoms with van der Waals surface area (Å²) in [7, 11) is 0. The zero-order valence-electron chi connectivity index (χ0n) is 13.1. The normalized spacial score (nSPS) is 23.3. The van der Waals surface area contributed by atoms with E-state index in [4.69, 9.17) is 9.47 Å². The van der Waals surface area contributed by atoms with E-state index in [0.717, 1.165) is 29.7 Å². The number of nitrogens with one attached hydrogen (secondary N) is 1. The Hall–Kier alpha value is -2.33. The van der Waals surface area contributed by atoms with Gasteiger partial charge in [0.05, 0.1) is 6.54 Å². The number of carbonyl (C=O) groups is 1. The summed E-state index contributed by atoms with van der Waals surface area (Å²) in [6.45, 7) is 8.59. The van der Waals surface area contributed by atoms with Gasteiger partial charge in [0.25, 0.3) is 0 Å². The largest absolute Gasteiger partial charge is 0.489 e. The van der Waals surface area contributed by atoms with Gasteiger partial charge in [-0.25, -0.2) is 0 Å². The van der Waals surface area contributed by atoms with Crippen LogP contribution < -0.4 is 10.1 Å². The van der Waals surface area contributed by atoms with Crippen LogP contribution in [0.4, 0.5) is 0 Å². The third kappa shape index (κ3) is 3.08. The first kappa shape index (κ1) is 15.6. The predicted octanol–water partition coefficient (Wildman–Crippen LogP) is 2.65. The van der Waals surface area contributed by atoms with Gasteiger partial charge in [-0.1, -0.05) is 37.5 Å². The van der Waals surface area contributed by atoms with Crippen LogP contribution in [0.5, 0.6) is 5.75 Å². The Bertz CT molecular complexity index is 665. The standard InChI is InChI=1S/C19H21NO3/c1-3-5-14(4-2)11-22-16-6-7-17-15(10-16)8-9-19(17)13-20-18(21)12-23-19/h3-7,10H,1-2,8-9,11-13H2,(H,20,21)/b14-5+. The van der Waals surface area contributed by atoms with Gasteiger partial charge in [0, 0.05) is 0 Å². The summed E-state index contributed by atoms with van der Waals surface area (Å²) in [5.74, 6) is 0.785. The van der Waals surface area contributed by atoms with Crippen LogP contribution in [0.25, 0.3) is 0 Å². The summed E-state index contributed by atoms with van der Waals surface area (Å²) in [5.41, 5.74) is 3.01. The van der Waals surface area contributed by atoms with Gasteiger partial charge in [-0.2, -0.15) is 0 Å². The quantitative estimate of drug-likeness (QED) is 0.851. The molecule has 1 amide bonds. The maximum absolute atomic E-state index is 11.3. The second kappa shape index (κ2) is 6.42. The Morgan fingerprint density at radius 3 is 3.00 bits per heavy atom. The number of ether oxygens (including phenoxy) is 2. The lowest BCUT2D eigenvalue weighted by Crippen LogP contribution is -2.49. The molecule has 3 rings (SSSR count). The number of allylic oxidation sites excluding steroid dienone is 2. The topological polar surface area (TPSA) is 47.6 Å². The fourth-order valence-corrected chi connectivity index (χ4v) is 3.16. The Kier molecular flexibility index (Phi) is 4.35. The summed E-state index contributed by atoms with van der Waals surface area (Å²) in [4.78, 5) is 11.3. The lowest BCUT2D eigenvalue weighted by atomic mass is 9.94. The summed E-state index contributed by atoms with van der Waals surface area (Å²) >= 11 is 0. The zero-order chi connectivity index (χ0) is 16.3. The van der Waals surface area contributed by atoms with E-state index >= 15 is 0 Å². The molecule has 23 heavy (non-hydrogen) atoms. The number of amides is 1. The van der Waals surface area contributed by atoms with E-state index in [1.54, 1.807) is 12.2 Å². The molecule has 1 atom stereocenters. The predicted molar refractivity (Wildman–Crippen MR) is 89.4 cm³/mol. The second-order valence-corrected chi connectivity index (χ2v) is 5.85. The summed E-state index contributed by atoms with van der Waals surface area (Å²) in [6.07, 6.45) is 7.19. The minimum atomic E-state index is -0.364. The number of aryl methyl sites for hydroxylation is 1. The first-order chi connectivity index (χ1) is 11.2. The molecular weight excluding hydrogens is 290 g/mol. The minimum absolute atomic E-state index is 0.0463. The van der Waals surface area contributed by atoms with Gasteiger partial charge in [0.1, 0.15) is 24.6 Å². The molecule has 4 heteroatoms. The molecule has 1 spiro atoms. The van der Waals surface area contributed by atoms with Crippen LogP contribution in [0.1, 0.15) is 17.5 Å². The molecule has 0 saturated carbocycles. The van der Waals surface area contributed by atoms with Crippen molar-refractivity contribution < 1.29 is 14.3 Å². The van der Waals surface area contributed by atoms with Gasteiger partial charge in [-0.15, -0.1) is 0 Å². The molecule has 1 heterocycles. The lowest BCUT2D eigenvalue weighted by Gasteiger charge is -2.34. The van der Waals surface area contributed by atoms with E-state index < -0.39 is 0 Å². The number of morpholine rings is 1. The van der Waals surface area contributed by atoms with E-state index in [2.05, 4.69) is 30.6 Å². The van der Waals surface area contributed by atoms with Crippen LogP contribution in [0.3, 0.4) is 0 Å². The molecule has 1 aromatic carbocycles. The van der Waals surface area contributed by atoms with E-state index in [1.165, 1.54) is 5.56 Å². The number of benzene rings is 1. The monoisotopic (exact) mass is 311 g/mol. The Morgan fingerprint density at radius 1 is 1.43 bits per heavy atom. The maximum Gasteiger partial charge on any atom is 0.246 e. The van der Waals surface area contributed by atoms with Crippen molar-refractivity contribution in [1.82, 2.24) is 5.32 Å². The Morgan fingerprint density at radius 2 is 2.30 bits per heavy atom. The van der Waals surface area contributed by atoms with Crippen LogP contribution >= 0.6 is 0 Å². The molecular formula is C19H21NO3. The Labute approximate surface area is 136 Å². The van der Waals surface area contributed by atoms with Gasteiger partial charge < -0.3 is 14.8 Å². The minimum Gasteiger partial charge on any atom is -0.489 e. The summed E-state index contributed by atoms with van der Waals surface area (Å²) in [6, 6.07) is 6.08. The van der Waals surface area contributed by atoms with Crippen LogP contribution in [0, 0.1) is 0 Å². The van der Waals surface area contributed by atoms with Crippen molar-refractivity contribution in [3.8, 4) is 5.75 Å². The molecule has 0 aromatic heterocycles. The SMILES string of the molecule is C=C/C=C(\C=C)COc1ccc2c(c1)CCC21CNC(=O)CO1. The molecule has 1 fully saturated rings. The average Bonchev–Trinajstić information content (AvgIpc) is 2.92. The van der Waals surface area contributed by atoms with Crippen LogP contribution in [-0.4, -0.2) is 25.7 Å². The summed E-state index contributed by atoms with van der Waals surface area (Å²) < 4.78 is 11.7. The molecule has 1 saturated heterocycles. The first-order valence-corrected chi connectivity index (χ1v) is 7.78. The van der Waals surface area contributed by atoms with Crippen molar-refractivity contribution in [3.63, 3.8) is 0 Å². The van der Waals surface area contributed by atoms with E-state index in [0.29, 0.717) is 13.2 Å². The number of carbonyl (C=O) groups excluding carboxylic acids is 1. The highest BCUT2D eigenvalue weighted by Crippen LogP contribution is 2.42. The van der Waals surface area contributed by atoms with Gasteiger partial charge in [-0.05, 0) is 41.7 Å². The van der Waals surface area contributed by atoms with Crippen molar-refractivity contribution in [1.29, 1.82) is 0 Å². The molecule has 120 valence electrons. The number of fused-ring (bicyclic) bond motifs is 2. The van der Waals surface area contributed by atoms with Gasteiger partial charge in [0.2, 0.25) is 5.91 Å². The van der Waals surface area contributed by atoms with Crippen molar-refractivity contribution >= 4 is 5.91 Å². The zero-order valence-corrected chi connectivity index (χ0v) is 13.1. The van der Waals surface area contributed by atoms with Crippen molar-refractivity contribution in [3.05, 3.63) is 66.3 Å². The number of hydrogen-bond acceptors (Lipinski definition) is 3. The number of hydrogen-bond donors (Lipinski definition) is 1. The first-order valence-electron chi connectivity index (χ1n) is 7.78. The smallest absolute Gasteiger partial charge is 0.246 e. The highest BCUT2D eigenvalue weighted by molar-refractivity contribution is 5.78.